The van der Waals surface area contributed by atoms with Gasteiger partial charge in [0.2, 0.25) is 0 Å². The molecule has 0 bridgehead atoms. The van der Waals surface area contributed by atoms with E-state index in [0.29, 0.717) is 11.5 Å². The summed E-state index contributed by atoms with van der Waals surface area (Å²) in [5.41, 5.74) is 2.53. The van der Waals surface area contributed by atoms with Gasteiger partial charge in [-0.05, 0) is 37.1 Å². The Kier molecular flexibility index (Phi) is 3.72. The molecule has 4 heterocycles. The normalized spacial score (nSPS) is 15.8. The molecule has 1 saturated heterocycles. The van der Waals surface area contributed by atoms with Gasteiger partial charge in [0.1, 0.15) is 0 Å². The lowest BCUT2D eigenvalue weighted by molar-refractivity contribution is 0.0712. The van der Waals surface area contributed by atoms with Gasteiger partial charge >= 0.3 is 0 Å². The quantitative estimate of drug-likeness (QED) is 0.727. The van der Waals surface area contributed by atoms with Gasteiger partial charge in [-0.2, -0.15) is 5.10 Å². The zero-order chi connectivity index (χ0) is 16.5. The van der Waals surface area contributed by atoms with Crippen LogP contribution < -0.4 is 0 Å². The van der Waals surface area contributed by atoms with E-state index in [2.05, 4.69) is 22.2 Å². The maximum Gasteiger partial charge on any atom is 0.257 e. The Hall–Kier alpha value is -2.76. The number of nitrogens with zero attached hydrogens (tertiary/aromatic N) is 5. The first-order chi connectivity index (χ1) is 11.7. The number of piperidine rings is 1. The third-order valence-corrected chi connectivity index (χ3v) is 4.64. The topological polar surface area (TPSA) is 63.9 Å². The molecular weight excluding hydrogens is 302 g/mol. The van der Waals surface area contributed by atoms with Gasteiger partial charge in [-0.1, -0.05) is 0 Å². The van der Waals surface area contributed by atoms with Crippen molar-refractivity contribution >= 4 is 16.9 Å². The van der Waals surface area contributed by atoms with Gasteiger partial charge in [-0.15, -0.1) is 0 Å². The SMILES string of the molecule is Cn1cc(C(=O)N2CCC(c3ccc4cccnc4n3)CC2)cn1. The Morgan fingerprint density at radius 3 is 2.79 bits per heavy atom. The lowest BCUT2D eigenvalue weighted by atomic mass is 9.92. The smallest absolute Gasteiger partial charge is 0.257 e. The third kappa shape index (κ3) is 2.75. The van der Waals surface area contributed by atoms with Crippen LogP contribution in [-0.2, 0) is 7.05 Å². The molecule has 0 spiro atoms. The van der Waals surface area contributed by atoms with Crippen LogP contribution in [0.25, 0.3) is 11.0 Å². The van der Waals surface area contributed by atoms with Gasteiger partial charge in [-0.25, -0.2) is 9.97 Å². The van der Waals surface area contributed by atoms with Gasteiger partial charge < -0.3 is 4.90 Å². The van der Waals surface area contributed by atoms with Gasteiger partial charge in [0, 0.05) is 49.5 Å². The zero-order valence-corrected chi connectivity index (χ0v) is 13.6. The molecule has 6 heteroatoms. The second kappa shape index (κ2) is 6.03. The van der Waals surface area contributed by atoms with Crippen molar-refractivity contribution in [3.8, 4) is 0 Å². The maximum atomic E-state index is 12.5. The summed E-state index contributed by atoms with van der Waals surface area (Å²) in [6.45, 7) is 1.50. The van der Waals surface area contributed by atoms with E-state index in [1.54, 1.807) is 23.3 Å². The molecule has 1 aliphatic heterocycles. The van der Waals surface area contributed by atoms with Gasteiger partial charge in [0.25, 0.3) is 5.91 Å². The fourth-order valence-electron chi connectivity index (χ4n) is 3.29. The molecule has 3 aromatic heterocycles. The van der Waals surface area contributed by atoms with E-state index < -0.39 is 0 Å². The summed E-state index contributed by atoms with van der Waals surface area (Å²) >= 11 is 0. The summed E-state index contributed by atoms with van der Waals surface area (Å²) in [6.07, 6.45) is 7.03. The number of hydrogen-bond donors (Lipinski definition) is 0. The fraction of sp³-hybridized carbons (Fsp3) is 0.333. The standard InChI is InChI=1S/C18H19N5O/c1-22-12-15(11-20-22)18(24)23-9-6-13(7-10-23)16-5-4-14-3-2-8-19-17(14)21-16/h2-5,8,11-13H,6-7,9-10H2,1H3. The molecular formula is C18H19N5O. The first-order valence-electron chi connectivity index (χ1n) is 8.20. The Morgan fingerprint density at radius 1 is 1.21 bits per heavy atom. The summed E-state index contributed by atoms with van der Waals surface area (Å²) in [4.78, 5) is 23.4. The first kappa shape index (κ1) is 14.8. The predicted octanol–water partition coefficient (Wildman–Crippen LogP) is 2.38. The minimum Gasteiger partial charge on any atom is -0.339 e. The van der Waals surface area contributed by atoms with E-state index in [9.17, 15) is 4.79 Å². The molecule has 1 fully saturated rings. The minimum absolute atomic E-state index is 0.0645. The molecule has 122 valence electrons. The van der Waals surface area contributed by atoms with Crippen molar-refractivity contribution in [1.82, 2.24) is 24.6 Å². The van der Waals surface area contributed by atoms with E-state index >= 15 is 0 Å². The number of likely N-dealkylation sites (tertiary alicyclic amines) is 1. The number of carbonyl (C=O) groups is 1. The number of fused-ring (bicyclic) bond motifs is 1. The number of pyridine rings is 2. The largest absolute Gasteiger partial charge is 0.339 e. The van der Waals surface area contributed by atoms with Crippen LogP contribution in [0.1, 0.15) is 34.8 Å². The van der Waals surface area contributed by atoms with Crippen molar-refractivity contribution < 1.29 is 4.79 Å². The van der Waals surface area contributed by atoms with Crippen molar-refractivity contribution in [3.63, 3.8) is 0 Å². The number of hydrogen-bond acceptors (Lipinski definition) is 4. The second-order valence-electron chi connectivity index (χ2n) is 6.26. The van der Waals surface area contributed by atoms with Crippen LogP contribution in [0.3, 0.4) is 0 Å². The number of aryl methyl sites for hydroxylation is 1. The number of aromatic nitrogens is 4. The van der Waals surface area contributed by atoms with Crippen LogP contribution in [0, 0.1) is 0 Å². The van der Waals surface area contributed by atoms with Crippen LogP contribution in [0.5, 0.6) is 0 Å². The van der Waals surface area contributed by atoms with E-state index in [4.69, 9.17) is 4.98 Å². The maximum absolute atomic E-state index is 12.5. The van der Waals surface area contributed by atoms with E-state index in [-0.39, 0.29) is 5.91 Å². The Balaban J connectivity index is 1.46. The summed E-state index contributed by atoms with van der Waals surface area (Å²) < 4.78 is 1.66. The second-order valence-corrected chi connectivity index (χ2v) is 6.26. The van der Waals surface area contributed by atoms with Crippen LogP contribution in [0.2, 0.25) is 0 Å². The van der Waals surface area contributed by atoms with Crippen molar-refractivity contribution in [2.45, 2.75) is 18.8 Å². The lowest BCUT2D eigenvalue weighted by Gasteiger charge is -2.31. The van der Waals surface area contributed by atoms with Crippen LogP contribution in [0.4, 0.5) is 0 Å². The van der Waals surface area contributed by atoms with Gasteiger partial charge in [-0.3, -0.25) is 9.48 Å². The summed E-state index contributed by atoms with van der Waals surface area (Å²) in [6, 6.07) is 8.12. The third-order valence-electron chi connectivity index (χ3n) is 4.64. The van der Waals surface area contributed by atoms with Gasteiger partial charge in [0.15, 0.2) is 5.65 Å². The average Bonchev–Trinajstić information content (AvgIpc) is 3.07. The summed E-state index contributed by atoms with van der Waals surface area (Å²) in [5, 5.41) is 5.14. The summed E-state index contributed by atoms with van der Waals surface area (Å²) in [5.74, 6) is 0.448. The molecule has 6 nitrogen and oxygen atoms in total. The lowest BCUT2D eigenvalue weighted by Crippen LogP contribution is -2.37. The Morgan fingerprint density at radius 2 is 2.04 bits per heavy atom. The van der Waals surface area contributed by atoms with Crippen molar-refractivity contribution in [3.05, 3.63) is 54.1 Å². The molecule has 0 aliphatic carbocycles. The molecule has 1 aliphatic rings. The van der Waals surface area contributed by atoms with Crippen molar-refractivity contribution in [2.24, 2.45) is 7.05 Å². The van der Waals surface area contributed by atoms with E-state index in [1.165, 1.54) is 0 Å². The number of carbonyl (C=O) groups excluding carboxylic acids is 1. The molecule has 3 aromatic rings. The van der Waals surface area contributed by atoms with Crippen LogP contribution >= 0.6 is 0 Å². The van der Waals surface area contributed by atoms with E-state index in [0.717, 1.165) is 42.7 Å². The van der Waals surface area contributed by atoms with E-state index in [1.807, 2.05) is 24.1 Å². The molecule has 0 atom stereocenters. The fourth-order valence-corrected chi connectivity index (χ4v) is 3.29. The number of rotatable bonds is 2. The molecule has 0 N–H and O–H groups in total. The van der Waals surface area contributed by atoms with Crippen molar-refractivity contribution in [2.75, 3.05) is 13.1 Å². The molecule has 0 radical (unpaired) electrons. The first-order valence-corrected chi connectivity index (χ1v) is 8.20. The molecule has 1 amide bonds. The predicted molar refractivity (Wildman–Crippen MR) is 90.6 cm³/mol. The molecule has 0 unspecified atom stereocenters. The minimum atomic E-state index is 0.0645. The highest BCUT2D eigenvalue weighted by Gasteiger charge is 2.26. The Bertz CT molecular complexity index is 880. The number of amides is 1. The highest BCUT2D eigenvalue weighted by Crippen LogP contribution is 2.28. The Labute approximate surface area is 140 Å². The molecule has 4 rings (SSSR count). The van der Waals surface area contributed by atoms with Gasteiger partial charge in [0.05, 0.1) is 11.8 Å². The monoisotopic (exact) mass is 321 g/mol. The van der Waals surface area contributed by atoms with Crippen LogP contribution in [-0.4, -0.2) is 43.6 Å². The molecule has 0 aromatic carbocycles. The summed E-state index contributed by atoms with van der Waals surface area (Å²) in [7, 11) is 1.82. The zero-order valence-electron chi connectivity index (χ0n) is 13.6. The van der Waals surface area contributed by atoms with Crippen molar-refractivity contribution in [1.29, 1.82) is 0 Å². The van der Waals surface area contributed by atoms with Crippen LogP contribution in [0.15, 0.2) is 42.9 Å². The average molecular weight is 321 g/mol. The highest BCUT2D eigenvalue weighted by molar-refractivity contribution is 5.93. The molecule has 24 heavy (non-hydrogen) atoms. The molecule has 0 saturated carbocycles. The highest BCUT2D eigenvalue weighted by atomic mass is 16.2.